The molecule has 110 valence electrons. The predicted octanol–water partition coefficient (Wildman–Crippen LogP) is 1.05. The van der Waals surface area contributed by atoms with Gasteiger partial charge in [0.25, 0.3) is 0 Å². The third-order valence-electron chi connectivity index (χ3n) is 2.77. The minimum Gasteiger partial charge on any atom is -0.466 e. The van der Waals surface area contributed by atoms with Crippen LogP contribution in [0.3, 0.4) is 0 Å². The van der Waals surface area contributed by atoms with Gasteiger partial charge < -0.3 is 15.2 Å². The first-order valence-electron chi connectivity index (χ1n) is 6.75. The van der Waals surface area contributed by atoms with Gasteiger partial charge in [-0.25, -0.2) is 0 Å². The molecule has 0 aromatic heterocycles. The Morgan fingerprint density at radius 3 is 2.55 bits per heavy atom. The van der Waals surface area contributed by atoms with E-state index >= 15 is 0 Å². The standard InChI is InChI=1S/C15H21NO4/c1-2-20-15(19)9-8-14(18)16-13(11-17)10-12-6-4-3-5-7-12/h3-7,13,17H,2,8-11H2,1H3,(H,16,18)/t13-/m0/s1. The maximum absolute atomic E-state index is 11.7. The molecule has 0 saturated carbocycles. The van der Waals surface area contributed by atoms with Gasteiger partial charge in [0.1, 0.15) is 0 Å². The van der Waals surface area contributed by atoms with Crippen LogP contribution in [0, 0.1) is 0 Å². The van der Waals surface area contributed by atoms with Crippen LogP contribution in [-0.4, -0.2) is 36.2 Å². The van der Waals surface area contributed by atoms with Gasteiger partial charge in [0.05, 0.1) is 25.7 Å². The lowest BCUT2D eigenvalue weighted by Crippen LogP contribution is -2.39. The number of aliphatic hydroxyl groups excluding tert-OH is 1. The van der Waals surface area contributed by atoms with Crippen LogP contribution in [0.4, 0.5) is 0 Å². The summed E-state index contributed by atoms with van der Waals surface area (Å²) in [6.45, 7) is 1.90. The van der Waals surface area contributed by atoms with Gasteiger partial charge in [-0.2, -0.15) is 0 Å². The predicted molar refractivity (Wildman–Crippen MR) is 75.0 cm³/mol. The highest BCUT2D eigenvalue weighted by molar-refractivity contribution is 5.81. The summed E-state index contributed by atoms with van der Waals surface area (Å²) < 4.78 is 4.75. The fourth-order valence-corrected chi connectivity index (χ4v) is 1.81. The molecule has 2 N–H and O–H groups in total. The van der Waals surface area contributed by atoms with Crippen molar-refractivity contribution in [2.75, 3.05) is 13.2 Å². The number of rotatable bonds is 8. The topological polar surface area (TPSA) is 75.6 Å². The van der Waals surface area contributed by atoms with E-state index in [1.54, 1.807) is 6.92 Å². The lowest BCUT2D eigenvalue weighted by atomic mass is 10.1. The fraction of sp³-hybridized carbons (Fsp3) is 0.467. The van der Waals surface area contributed by atoms with Crippen molar-refractivity contribution in [1.29, 1.82) is 0 Å². The van der Waals surface area contributed by atoms with Crippen molar-refractivity contribution < 1.29 is 19.4 Å². The zero-order valence-electron chi connectivity index (χ0n) is 11.7. The molecule has 0 aliphatic heterocycles. The Kier molecular flexibility index (Phi) is 7.35. The molecule has 1 aromatic rings. The minimum atomic E-state index is -0.383. The van der Waals surface area contributed by atoms with Gasteiger partial charge in [-0.3, -0.25) is 9.59 Å². The van der Waals surface area contributed by atoms with E-state index < -0.39 is 0 Å². The summed E-state index contributed by atoms with van der Waals surface area (Å²) in [4.78, 5) is 22.8. The fourth-order valence-electron chi connectivity index (χ4n) is 1.81. The van der Waals surface area contributed by atoms with Crippen molar-refractivity contribution in [3.8, 4) is 0 Å². The van der Waals surface area contributed by atoms with Gasteiger partial charge in [0, 0.05) is 6.42 Å². The number of carbonyl (C=O) groups excluding carboxylic acids is 2. The highest BCUT2D eigenvalue weighted by Crippen LogP contribution is 2.03. The number of aliphatic hydroxyl groups is 1. The molecule has 1 atom stereocenters. The van der Waals surface area contributed by atoms with E-state index in [0.717, 1.165) is 5.56 Å². The molecule has 1 amide bonds. The van der Waals surface area contributed by atoms with Gasteiger partial charge in [0.15, 0.2) is 0 Å². The minimum absolute atomic E-state index is 0.0587. The first-order chi connectivity index (χ1) is 9.65. The molecule has 0 unspecified atom stereocenters. The van der Waals surface area contributed by atoms with Crippen LogP contribution in [0.5, 0.6) is 0 Å². The lowest BCUT2D eigenvalue weighted by molar-refractivity contribution is -0.144. The largest absolute Gasteiger partial charge is 0.466 e. The van der Waals surface area contributed by atoms with Gasteiger partial charge in [-0.15, -0.1) is 0 Å². The molecule has 0 heterocycles. The molecule has 0 aliphatic rings. The molecule has 0 aliphatic carbocycles. The van der Waals surface area contributed by atoms with Crippen molar-refractivity contribution in [2.24, 2.45) is 0 Å². The summed E-state index contributed by atoms with van der Waals surface area (Å²) in [6, 6.07) is 9.27. The van der Waals surface area contributed by atoms with Gasteiger partial charge in [0.2, 0.25) is 5.91 Å². The molecule has 0 spiro atoms. The number of carbonyl (C=O) groups is 2. The second-order valence-electron chi connectivity index (χ2n) is 4.44. The van der Waals surface area contributed by atoms with E-state index in [0.29, 0.717) is 13.0 Å². The van der Waals surface area contributed by atoms with Crippen LogP contribution >= 0.6 is 0 Å². The molecule has 5 heteroatoms. The van der Waals surface area contributed by atoms with Crippen LogP contribution < -0.4 is 5.32 Å². The zero-order chi connectivity index (χ0) is 14.8. The average Bonchev–Trinajstić information content (AvgIpc) is 2.46. The van der Waals surface area contributed by atoms with E-state index in [1.165, 1.54) is 0 Å². The number of esters is 1. The first-order valence-corrected chi connectivity index (χ1v) is 6.75. The number of nitrogens with one attached hydrogen (secondary N) is 1. The summed E-state index contributed by atoms with van der Waals surface area (Å²) in [5.74, 6) is -0.640. The van der Waals surface area contributed by atoms with Crippen LogP contribution in [0.15, 0.2) is 30.3 Å². The lowest BCUT2D eigenvalue weighted by Gasteiger charge is -2.16. The van der Waals surface area contributed by atoms with Crippen molar-refractivity contribution >= 4 is 11.9 Å². The molecule has 0 fully saturated rings. The van der Waals surface area contributed by atoms with Crippen LogP contribution in [0.1, 0.15) is 25.3 Å². The van der Waals surface area contributed by atoms with Crippen LogP contribution in [0.25, 0.3) is 0 Å². The Bertz CT molecular complexity index is 419. The van der Waals surface area contributed by atoms with Crippen LogP contribution in [0.2, 0.25) is 0 Å². The van der Waals surface area contributed by atoms with Gasteiger partial charge >= 0.3 is 5.97 Å². The Morgan fingerprint density at radius 2 is 1.95 bits per heavy atom. The van der Waals surface area contributed by atoms with E-state index in [1.807, 2.05) is 30.3 Å². The summed E-state index contributed by atoms with van der Waals surface area (Å²) >= 11 is 0. The average molecular weight is 279 g/mol. The maximum Gasteiger partial charge on any atom is 0.306 e. The number of benzene rings is 1. The van der Waals surface area contributed by atoms with Crippen molar-refractivity contribution in [2.45, 2.75) is 32.2 Å². The van der Waals surface area contributed by atoms with E-state index in [4.69, 9.17) is 4.74 Å². The van der Waals surface area contributed by atoms with Gasteiger partial charge in [-0.05, 0) is 18.9 Å². The second-order valence-corrected chi connectivity index (χ2v) is 4.44. The summed E-state index contributed by atoms with van der Waals surface area (Å²) in [5.41, 5.74) is 1.04. The molecule has 0 bridgehead atoms. The third kappa shape index (κ3) is 6.33. The molecular weight excluding hydrogens is 258 g/mol. The number of hydrogen-bond acceptors (Lipinski definition) is 4. The molecule has 0 saturated heterocycles. The van der Waals surface area contributed by atoms with E-state index in [9.17, 15) is 14.7 Å². The number of hydrogen-bond donors (Lipinski definition) is 2. The molecule has 0 radical (unpaired) electrons. The Balaban J connectivity index is 2.36. The van der Waals surface area contributed by atoms with E-state index in [2.05, 4.69) is 5.32 Å². The number of amides is 1. The molecule has 5 nitrogen and oxygen atoms in total. The van der Waals surface area contributed by atoms with E-state index in [-0.39, 0.29) is 37.4 Å². The van der Waals surface area contributed by atoms with Crippen molar-refractivity contribution in [3.63, 3.8) is 0 Å². The molecular formula is C15H21NO4. The zero-order valence-corrected chi connectivity index (χ0v) is 11.7. The monoisotopic (exact) mass is 279 g/mol. The maximum atomic E-state index is 11.7. The number of ether oxygens (including phenoxy) is 1. The molecule has 20 heavy (non-hydrogen) atoms. The Labute approximate surface area is 118 Å². The summed E-state index contributed by atoms with van der Waals surface area (Å²) in [7, 11) is 0. The summed E-state index contributed by atoms with van der Waals surface area (Å²) in [5, 5.41) is 12.0. The van der Waals surface area contributed by atoms with Crippen LogP contribution in [-0.2, 0) is 20.7 Å². The third-order valence-corrected chi connectivity index (χ3v) is 2.77. The Morgan fingerprint density at radius 1 is 1.25 bits per heavy atom. The van der Waals surface area contributed by atoms with Gasteiger partial charge in [-0.1, -0.05) is 30.3 Å². The van der Waals surface area contributed by atoms with Crippen molar-refractivity contribution in [1.82, 2.24) is 5.32 Å². The quantitative estimate of drug-likeness (QED) is 0.697. The summed E-state index contributed by atoms with van der Waals surface area (Å²) in [6.07, 6.45) is 0.690. The highest BCUT2D eigenvalue weighted by Gasteiger charge is 2.13. The molecule has 1 aromatic carbocycles. The Hall–Kier alpha value is -1.88. The van der Waals surface area contributed by atoms with Crippen molar-refractivity contribution in [3.05, 3.63) is 35.9 Å². The SMILES string of the molecule is CCOC(=O)CCC(=O)N[C@H](CO)Cc1ccccc1. The molecule has 1 rings (SSSR count). The normalized spacial score (nSPS) is 11.7. The highest BCUT2D eigenvalue weighted by atomic mass is 16.5. The smallest absolute Gasteiger partial charge is 0.306 e. The second kappa shape index (κ2) is 9.09. The first kappa shape index (κ1) is 16.2.